The molecule has 3 aliphatic heterocycles. The third-order valence-electron chi connectivity index (χ3n) is 6.37. The molecule has 176 valence electrons. The summed E-state index contributed by atoms with van der Waals surface area (Å²) in [6.07, 6.45) is 3.00. The van der Waals surface area contributed by atoms with Crippen molar-refractivity contribution in [2.24, 2.45) is 0 Å². The molecule has 1 aromatic carbocycles. The zero-order valence-corrected chi connectivity index (χ0v) is 19.8. The Balaban J connectivity index is 1.53. The van der Waals surface area contributed by atoms with Crippen molar-refractivity contribution in [2.75, 3.05) is 0 Å². The van der Waals surface area contributed by atoms with Crippen molar-refractivity contribution >= 4 is 29.4 Å². The highest BCUT2D eigenvalue weighted by atomic mass is 16.6. The molecule has 1 N–H and O–H groups in total. The lowest BCUT2D eigenvalue weighted by molar-refractivity contribution is -0.136. The van der Waals surface area contributed by atoms with Crippen molar-refractivity contribution < 1.29 is 23.9 Å². The van der Waals surface area contributed by atoms with Crippen LogP contribution in [0.25, 0.3) is 5.57 Å². The van der Waals surface area contributed by atoms with Crippen molar-refractivity contribution in [3.63, 3.8) is 0 Å². The van der Waals surface area contributed by atoms with Gasteiger partial charge in [-0.2, -0.15) is 0 Å². The van der Waals surface area contributed by atoms with Crippen LogP contribution < -0.4 is 5.32 Å². The second-order valence-corrected chi connectivity index (χ2v) is 10.1. The number of nitrogens with one attached hydrogen (secondary N) is 1. The van der Waals surface area contributed by atoms with Crippen LogP contribution >= 0.6 is 0 Å². The molecule has 8 heteroatoms. The quantitative estimate of drug-likeness (QED) is 0.694. The fraction of sp³-hybridized carbons (Fsp3) is 0.520. The van der Waals surface area contributed by atoms with Crippen LogP contribution in [0.5, 0.6) is 0 Å². The summed E-state index contributed by atoms with van der Waals surface area (Å²) in [5.41, 5.74) is 3.04. The maximum Gasteiger partial charge on any atom is 0.411 e. The van der Waals surface area contributed by atoms with E-state index in [1.807, 2.05) is 52.8 Å². The molecular weight excluding hydrogens is 422 g/mol. The minimum absolute atomic E-state index is 0.0373. The van der Waals surface area contributed by atoms with Crippen molar-refractivity contribution in [3.8, 4) is 0 Å². The molecule has 8 nitrogen and oxygen atoms in total. The zero-order chi connectivity index (χ0) is 24.1. The second kappa shape index (κ2) is 8.32. The summed E-state index contributed by atoms with van der Waals surface area (Å²) >= 11 is 0. The Bertz CT molecular complexity index is 1050. The van der Waals surface area contributed by atoms with E-state index in [9.17, 15) is 19.2 Å². The lowest BCUT2D eigenvalue weighted by Gasteiger charge is -2.38. The summed E-state index contributed by atoms with van der Waals surface area (Å²) in [6.45, 7) is 9.90. The van der Waals surface area contributed by atoms with Gasteiger partial charge in [0.2, 0.25) is 11.8 Å². The van der Waals surface area contributed by atoms with Gasteiger partial charge >= 0.3 is 6.09 Å². The third-order valence-corrected chi connectivity index (χ3v) is 6.37. The molecule has 1 aromatic rings. The van der Waals surface area contributed by atoms with E-state index in [1.165, 1.54) is 0 Å². The van der Waals surface area contributed by atoms with Crippen molar-refractivity contribution in [2.45, 2.75) is 84.2 Å². The molecule has 3 heterocycles. The smallest absolute Gasteiger partial charge is 0.411 e. The Morgan fingerprint density at radius 2 is 1.88 bits per heavy atom. The molecule has 3 aliphatic rings. The van der Waals surface area contributed by atoms with Gasteiger partial charge in [-0.25, -0.2) is 4.79 Å². The van der Waals surface area contributed by atoms with Crippen molar-refractivity contribution in [1.82, 2.24) is 15.1 Å². The average Bonchev–Trinajstić information content (AvgIpc) is 3.02. The lowest BCUT2D eigenvalue weighted by Crippen LogP contribution is -2.52. The van der Waals surface area contributed by atoms with Crippen LogP contribution in [0.15, 0.2) is 24.3 Å². The molecule has 0 saturated carbocycles. The first-order chi connectivity index (χ1) is 15.4. The highest BCUT2D eigenvalue weighted by molar-refractivity contribution is 6.05. The van der Waals surface area contributed by atoms with Gasteiger partial charge in [0.1, 0.15) is 11.6 Å². The van der Waals surface area contributed by atoms with Crippen LogP contribution in [-0.2, 0) is 20.9 Å². The number of nitrogens with zero attached hydrogens (tertiary/aromatic N) is 2. The molecule has 0 aliphatic carbocycles. The summed E-state index contributed by atoms with van der Waals surface area (Å²) < 4.78 is 5.58. The predicted molar refractivity (Wildman–Crippen MR) is 122 cm³/mol. The molecule has 4 rings (SSSR count). The molecule has 0 spiro atoms. The van der Waals surface area contributed by atoms with E-state index in [0.29, 0.717) is 24.9 Å². The fourth-order valence-corrected chi connectivity index (χ4v) is 4.91. The number of rotatable bonds is 2. The van der Waals surface area contributed by atoms with Crippen LogP contribution in [-0.4, -0.2) is 57.3 Å². The van der Waals surface area contributed by atoms with E-state index in [4.69, 9.17) is 4.74 Å². The largest absolute Gasteiger partial charge is 0.444 e. The van der Waals surface area contributed by atoms with Crippen LogP contribution in [0.4, 0.5) is 4.79 Å². The Morgan fingerprint density at radius 3 is 2.52 bits per heavy atom. The number of imide groups is 1. The number of amides is 4. The molecule has 0 aromatic heterocycles. The van der Waals surface area contributed by atoms with E-state index in [1.54, 1.807) is 9.80 Å². The molecular formula is C25H31N3O5. The van der Waals surface area contributed by atoms with Crippen LogP contribution in [0.1, 0.15) is 75.4 Å². The lowest BCUT2D eigenvalue weighted by atomic mass is 9.90. The first kappa shape index (κ1) is 23.0. The standard InChI is InChI=1S/C25H31N3O5/c1-14-10-17(11-15(2)28(14)24(32)33-25(3,4)5)16-6-7-19-18(12-16)13-27(23(19)31)20-8-9-21(29)26-22(20)30/h6-7,10,12,14-15,20H,8-9,11,13H2,1-5H3,(H,26,29,30). The maximum absolute atomic E-state index is 12.9. The predicted octanol–water partition coefficient (Wildman–Crippen LogP) is 3.25. The number of carbonyl (C=O) groups excluding carboxylic acids is 4. The molecule has 1 fully saturated rings. The van der Waals surface area contributed by atoms with Gasteiger partial charge < -0.3 is 9.64 Å². The van der Waals surface area contributed by atoms with Gasteiger partial charge in [0.05, 0.1) is 6.04 Å². The minimum Gasteiger partial charge on any atom is -0.444 e. The van der Waals surface area contributed by atoms with E-state index in [2.05, 4.69) is 11.4 Å². The number of hydrogen-bond acceptors (Lipinski definition) is 5. The van der Waals surface area contributed by atoms with E-state index >= 15 is 0 Å². The second-order valence-electron chi connectivity index (χ2n) is 10.1. The Morgan fingerprint density at radius 1 is 1.15 bits per heavy atom. The summed E-state index contributed by atoms with van der Waals surface area (Å²) in [5.74, 6) is -0.885. The Labute approximate surface area is 193 Å². The summed E-state index contributed by atoms with van der Waals surface area (Å²) in [4.78, 5) is 52.7. The molecule has 3 unspecified atom stereocenters. The van der Waals surface area contributed by atoms with Crippen LogP contribution in [0, 0.1) is 0 Å². The van der Waals surface area contributed by atoms with Crippen LogP contribution in [0.2, 0.25) is 0 Å². The number of benzene rings is 1. The van der Waals surface area contributed by atoms with Crippen LogP contribution in [0.3, 0.4) is 0 Å². The van der Waals surface area contributed by atoms with Crippen molar-refractivity contribution in [3.05, 3.63) is 41.0 Å². The number of hydrogen-bond donors (Lipinski definition) is 1. The summed E-state index contributed by atoms with van der Waals surface area (Å²) in [5, 5.41) is 2.33. The maximum atomic E-state index is 12.9. The highest BCUT2D eigenvalue weighted by Crippen LogP contribution is 2.34. The average molecular weight is 454 g/mol. The molecule has 1 saturated heterocycles. The van der Waals surface area contributed by atoms with Gasteiger partial charge in [0.25, 0.3) is 5.91 Å². The number of fused-ring (bicyclic) bond motifs is 1. The zero-order valence-electron chi connectivity index (χ0n) is 19.8. The van der Waals surface area contributed by atoms with E-state index in [0.717, 1.165) is 16.7 Å². The molecule has 0 radical (unpaired) electrons. The fourth-order valence-electron chi connectivity index (χ4n) is 4.91. The molecule has 33 heavy (non-hydrogen) atoms. The number of carbonyl (C=O) groups is 4. The van der Waals surface area contributed by atoms with Gasteiger partial charge in [-0.15, -0.1) is 0 Å². The minimum atomic E-state index is -0.623. The van der Waals surface area contributed by atoms with Crippen molar-refractivity contribution in [1.29, 1.82) is 0 Å². The Hall–Kier alpha value is -3.16. The molecule has 4 amide bonds. The first-order valence-electron chi connectivity index (χ1n) is 11.4. The van der Waals surface area contributed by atoms with Gasteiger partial charge in [-0.05, 0) is 76.3 Å². The van der Waals surface area contributed by atoms with Gasteiger partial charge in [-0.1, -0.05) is 12.1 Å². The van der Waals surface area contributed by atoms with E-state index in [-0.39, 0.29) is 36.4 Å². The Kier molecular flexibility index (Phi) is 5.80. The third kappa shape index (κ3) is 4.51. The SMILES string of the molecule is CC1C=C(c2ccc3c(c2)CN(C2CCC(=O)NC2=O)C3=O)CC(C)N1C(=O)OC(C)(C)C. The summed E-state index contributed by atoms with van der Waals surface area (Å²) in [6, 6.07) is 4.96. The first-order valence-corrected chi connectivity index (χ1v) is 11.4. The molecule has 0 bridgehead atoms. The summed E-state index contributed by atoms with van der Waals surface area (Å²) in [7, 11) is 0. The van der Waals surface area contributed by atoms with Gasteiger partial charge in [0, 0.05) is 24.6 Å². The molecule has 3 atom stereocenters. The van der Waals surface area contributed by atoms with E-state index < -0.39 is 17.6 Å². The normalized spacial score (nSPS) is 25.5. The van der Waals surface area contributed by atoms with Gasteiger partial charge in [0.15, 0.2) is 0 Å². The monoisotopic (exact) mass is 453 g/mol. The highest BCUT2D eigenvalue weighted by Gasteiger charge is 2.39. The van der Waals surface area contributed by atoms with Gasteiger partial charge in [-0.3, -0.25) is 24.6 Å². The number of ether oxygens (including phenoxy) is 1. The number of piperidine rings is 1. The topological polar surface area (TPSA) is 96.0 Å².